The first-order valence-electron chi connectivity index (χ1n) is 3.09. The number of hydrogen-bond donors (Lipinski definition) is 6. The van der Waals surface area contributed by atoms with Crippen molar-refractivity contribution in [2.24, 2.45) is 5.73 Å². The Hall–Kier alpha value is -1.31. The molecule has 0 amide bonds. The van der Waals surface area contributed by atoms with Crippen LogP contribution in [0.5, 0.6) is 0 Å². The van der Waals surface area contributed by atoms with Gasteiger partial charge in [0.25, 0.3) is 0 Å². The van der Waals surface area contributed by atoms with E-state index in [0.717, 1.165) is 4.90 Å². The monoisotopic (exact) mass is 301 g/mol. The van der Waals surface area contributed by atoms with Gasteiger partial charge >= 0.3 is 13.8 Å². The van der Waals surface area contributed by atoms with Crippen LogP contribution in [0.15, 0.2) is 0 Å². The van der Waals surface area contributed by atoms with Crippen LogP contribution in [0.3, 0.4) is 0 Å². The molecule has 18 heavy (non-hydrogen) atoms. The Morgan fingerprint density at radius 1 is 1.22 bits per heavy atom. The summed E-state index contributed by atoms with van der Waals surface area (Å²) >= 11 is 0. The van der Waals surface area contributed by atoms with Gasteiger partial charge in [0.2, 0.25) is 0 Å². The van der Waals surface area contributed by atoms with Gasteiger partial charge in [0, 0.05) is 7.05 Å². The minimum absolute atomic E-state index is 0. The van der Waals surface area contributed by atoms with E-state index in [-0.39, 0.29) is 34.4 Å². The summed E-state index contributed by atoms with van der Waals surface area (Å²) in [6.07, 6.45) is 0. The van der Waals surface area contributed by atoms with Crippen molar-refractivity contribution in [3.8, 4) is 0 Å². The summed E-state index contributed by atoms with van der Waals surface area (Å²) in [7, 11) is -3.20. The third kappa shape index (κ3) is 61.5. The maximum Gasteiger partial charge on any atom is 0.466 e. The fourth-order valence-corrected chi connectivity index (χ4v) is 0.288. The first-order valence-corrected chi connectivity index (χ1v) is 4.65. The summed E-state index contributed by atoms with van der Waals surface area (Å²) in [5, 5.41) is 14.9. The van der Waals surface area contributed by atoms with Crippen molar-refractivity contribution < 1.29 is 51.1 Å². The standard InChI is InChI=1S/C4H9N3O2.H3O4P.4H2O/c1-7(4(5)6)2-3(8)9;1-5(2,3)4;;;;/h2H2,1H3,(H3,5,6)(H,8,9);(H3,1,2,3,4);4*1H2. The number of guanidine groups is 1. The second-order valence-corrected chi connectivity index (χ2v) is 3.17. The molecule has 0 aliphatic heterocycles. The van der Waals surface area contributed by atoms with Gasteiger partial charge in [-0.3, -0.25) is 10.2 Å². The van der Waals surface area contributed by atoms with Gasteiger partial charge in [-0.05, 0) is 0 Å². The third-order valence-corrected chi connectivity index (χ3v) is 0.784. The largest absolute Gasteiger partial charge is 0.480 e. The van der Waals surface area contributed by atoms with Gasteiger partial charge < -0.3 is 52.3 Å². The van der Waals surface area contributed by atoms with E-state index in [1.165, 1.54) is 7.05 Å². The normalized spacial score (nSPS) is 7.56. The van der Waals surface area contributed by atoms with Crippen LogP contribution >= 0.6 is 7.82 Å². The maximum atomic E-state index is 9.92. The van der Waals surface area contributed by atoms with E-state index < -0.39 is 13.8 Å². The summed E-state index contributed by atoms with van der Waals surface area (Å²) in [4.78, 5) is 32.6. The highest BCUT2D eigenvalue weighted by Gasteiger charge is 2.03. The molecular formula is C4H20N3O10P. The predicted octanol–water partition coefficient (Wildman–Crippen LogP) is -5.33. The fourth-order valence-electron chi connectivity index (χ4n) is 0.288. The van der Waals surface area contributed by atoms with E-state index in [1.807, 2.05) is 0 Å². The molecule has 0 aromatic heterocycles. The lowest BCUT2D eigenvalue weighted by Gasteiger charge is -2.12. The fraction of sp³-hybridized carbons (Fsp3) is 0.500. The van der Waals surface area contributed by atoms with Crippen molar-refractivity contribution in [3.63, 3.8) is 0 Å². The number of phosphoric acid groups is 1. The van der Waals surface area contributed by atoms with Crippen LogP contribution in [0, 0.1) is 5.41 Å². The SMILES string of the molecule is CN(CC(=O)O)C(=N)N.O.O.O.O.O=P(O)(O)O. The van der Waals surface area contributed by atoms with Gasteiger partial charge in [0.05, 0.1) is 0 Å². The summed E-state index contributed by atoms with van der Waals surface area (Å²) < 4.78 is 8.88. The molecule has 15 N–H and O–H groups in total. The highest BCUT2D eigenvalue weighted by atomic mass is 31.2. The average Bonchev–Trinajstić information content (AvgIpc) is 1.80. The molecule has 0 fully saturated rings. The van der Waals surface area contributed by atoms with Crippen molar-refractivity contribution in [1.29, 1.82) is 5.41 Å². The minimum Gasteiger partial charge on any atom is -0.480 e. The molecule has 0 saturated carbocycles. The topological polar surface area (TPSA) is 294 Å². The molecule has 13 nitrogen and oxygen atoms in total. The molecule has 0 bridgehead atoms. The van der Waals surface area contributed by atoms with Crippen molar-refractivity contribution in [2.75, 3.05) is 13.6 Å². The van der Waals surface area contributed by atoms with Crippen LogP contribution in [0.25, 0.3) is 0 Å². The molecular weight excluding hydrogens is 281 g/mol. The first kappa shape index (κ1) is 36.0. The van der Waals surface area contributed by atoms with Crippen molar-refractivity contribution in [3.05, 3.63) is 0 Å². The number of carbonyl (C=O) groups is 1. The molecule has 0 aromatic rings. The van der Waals surface area contributed by atoms with Crippen LogP contribution in [0.4, 0.5) is 0 Å². The van der Waals surface area contributed by atoms with E-state index in [1.54, 1.807) is 0 Å². The second-order valence-electron chi connectivity index (χ2n) is 2.15. The quantitative estimate of drug-likeness (QED) is 0.162. The van der Waals surface area contributed by atoms with E-state index in [9.17, 15) is 4.79 Å². The van der Waals surface area contributed by atoms with Gasteiger partial charge in [0.15, 0.2) is 5.96 Å². The number of carboxylic acids is 1. The first-order chi connectivity index (χ1) is 6.04. The summed E-state index contributed by atoms with van der Waals surface area (Å²) in [6.45, 7) is -0.227. The Labute approximate surface area is 101 Å². The number of aliphatic carboxylic acids is 1. The molecule has 0 aromatic carbocycles. The number of nitrogens with one attached hydrogen (secondary N) is 1. The zero-order chi connectivity index (χ0) is 11.9. The van der Waals surface area contributed by atoms with Crippen LogP contribution in [0.2, 0.25) is 0 Å². The highest BCUT2D eigenvalue weighted by Crippen LogP contribution is 2.25. The Morgan fingerprint density at radius 2 is 1.44 bits per heavy atom. The minimum atomic E-state index is -4.64. The second kappa shape index (κ2) is 15.7. The van der Waals surface area contributed by atoms with Crippen LogP contribution in [-0.2, 0) is 9.36 Å². The van der Waals surface area contributed by atoms with E-state index in [0.29, 0.717) is 0 Å². The van der Waals surface area contributed by atoms with Crippen molar-refractivity contribution >= 4 is 19.8 Å². The number of nitrogens with zero attached hydrogens (tertiary/aromatic N) is 1. The zero-order valence-corrected chi connectivity index (χ0v) is 10.2. The predicted molar refractivity (Wildman–Crippen MR) is 60.9 cm³/mol. The van der Waals surface area contributed by atoms with Crippen LogP contribution < -0.4 is 5.73 Å². The number of nitrogens with two attached hydrogens (primary N) is 1. The Balaban J connectivity index is -0.0000000359. The van der Waals surface area contributed by atoms with Gasteiger partial charge in [-0.2, -0.15) is 0 Å². The average molecular weight is 301 g/mol. The molecule has 0 aliphatic carbocycles. The molecule has 116 valence electrons. The van der Waals surface area contributed by atoms with E-state index in [4.69, 9.17) is 35.5 Å². The molecule has 0 atom stereocenters. The molecule has 0 unspecified atom stereocenters. The van der Waals surface area contributed by atoms with Gasteiger partial charge in [-0.15, -0.1) is 0 Å². The molecule has 0 rings (SSSR count). The van der Waals surface area contributed by atoms with Crippen molar-refractivity contribution in [2.45, 2.75) is 0 Å². The number of likely N-dealkylation sites (N-methyl/N-ethyl adjacent to an activating group) is 1. The molecule has 0 radical (unpaired) electrons. The smallest absolute Gasteiger partial charge is 0.466 e. The van der Waals surface area contributed by atoms with E-state index in [2.05, 4.69) is 0 Å². The van der Waals surface area contributed by atoms with E-state index >= 15 is 0 Å². The summed E-state index contributed by atoms with van der Waals surface area (Å²) in [5.74, 6) is -1.23. The van der Waals surface area contributed by atoms with Gasteiger partial charge in [-0.25, -0.2) is 4.57 Å². The van der Waals surface area contributed by atoms with Crippen molar-refractivity contribution in [1.82, 2.24) is 4.90 Å². The highest BCUT2D eigenvalue weighted by molar-refractivity contribution is 7.45. The number of hydrogen-bond acceptors (Lipinski definition) is 3. The summed E-state index contributed by atoms with van der Waals surface area (Å²) in [5.41, 5.74) is 4.93. The molecule has 14 heteroatoms. The lowest BCUT2D eigenvalue weighted by atomic mass is 10.6. The number of carboxylic acid groups (broad SMARTS) is 1. The molecule has 0 spiro atoms. The maximum absolute atomic E-state index is 9.92. The Bertz CT molecular complexity index is 245. The lowest BCUT2D eigenvalue weighted by Crippen LogP contribution is -2.36. The Kier molecular flexibility index (Phi) is 31.3. The summed E-state index contributed by atoms with van der Waals surface area (Å²) in [6, 6.07) is 0. The third-order valence-electron chi connectivity index (χ3n) is 0.784. The van der Waals surface area contributed by atoms with Gasteiger partial charge in [-0.1, -0.05) is 0 Å². The van der Waals surface area contributed by atoms with Crippen LogP contribution in [0.1, 0.15) is 0 Å². The Morgan fingerprint density at radius 3 is 1.50 bits per heavy atom. The molecule has 0 heterocycles. The molecule has 0 aliphatic rings. The lowest BCUT2D eigenvalue weighted by molar-refractivity contribution is -0.137. The molecule has 0 saturated heterocycles. The zero-order valence-electron chi connectivity index (χ0n) is 9.28. The van der Waals surface area contributed by atoms with Crippen LogP contribution in [-0.4, -0.2) is 72.1 Å². The number of rotatable bonds is 2. The van der Waals surface area contributed by atoms with Gasteiger partial charge in [0.1, 0.15) is 6.54 Å².